The molecule has 0 heterocycles. The van der Waals surface area contributed by atoms with Gasteiger partial charge in [-0.2, -0.15) is 0 Å². The zero-order valence-electron chi connectivity index (χ0n) is 9.65. The van der Waals surface area contributed by atoms with Gasteiger partial charge in [-0.1, -0.05) is 18.5 Å². The third-order valence-electron chi connectivity index (χ3n) is 2.25. The molecule has 0 aliphatic carbocycles. The van der Waals surface area contributed by atoms with Crippen LogP contribution in [0, 0.1) is 0 Å². The quantitative estimate of drug-likeness (QED) is 0.639. The monoisotopic (exact) mass is 277 g/mol. The van der Waals surface area contributed by atoms with E-state index in [1.165, 1.54) is 0 Å². The van der Waals surface area contributed by atoms with Crippen LogP contribution in [-0.4, -0.2) is 26.5 Å². The van der Waals surface area contributed by atoms with Crippen LogP contribution < -0.4 is 10.5 Å². The van der Waals surface area contributed by atoms with E-state index in [1.54, 1.807) is 25.1 Å². The molecule has 1 rings (SSSR count). The molecule has 4 nitrogen and oxygen atoms in total. The van der Waals surface area contributed by atoms with E-state index in [0.717, 1.165) is 0 Å². The van der Waals surface area contributed by atoms with Crippen LogP contribution >= 0.6 is 11.6 Å². The molecule has 0 aliphatic heterocycles. The van der Waals surface area contributed by atoms with Crippen LogP contribution in [0.25, 0.3) is 0 Å². The summed E-state index contributed by atoms with van der Waals surface area (Å²) >= 11 is 5.89. The van der Waals surface area contributed by atoms with E-state index in [1.807, 2.05) is 0 Å². The lowest BCUT2D eigenvalue weighted by atomic mass is 10.3. The highest BCUT2D eigenvalue weighted by molar-refractivity contribution is 7.91. The Bertz CT molecular complexity index is 474. The molecule has 0 radical (unpaired) electrons. The lowest BCUT2D eigenvalue weighted by Crippen LogP contribution is -2.11. The first kappa shape index (κ1) is 14.1. The standard InChI is InChI=1S/C11H16ClNO3S/c1-2-17(14,15)7-3-6-16-11-8-9(13)4-5-10(11)12/h4-5,8H,2-3,6-7,13H2,1H3. The van der Waals surface area contributed by atoms with Crippen molar-refractivity contribution in [2.45, 2.75) is 13.3 Å². The van der Waals surface area contributed by atoms with Gasteiger partial charge in [-0.25, -0.2) is 8.42 Å². The lowest BCUT2D eigenvalue weighted by molar-refractivity contribution is 0.318. The van der Waals surface area contributed by atoms with Crippen LogP contribution in [0.1, 0.15) is 13.3 Å². The molecule has 0 spiro atoms. The Hall–Kier alpha value is -0.940. The van der Waals surface area contributed by atoms with Crippen molar-refractivity contribution in [2.24, 2.45) is 0 Å². The molecule has 0 amide bonds. The molecule has 0 atom stereocenters. The van der Waals surface area contributed by atoms with Crippen molar-refractivity contribution >= 4 is 27.1 Å². The molecular formula is C11H16ClNO3S. The summed E-state index contributed by atoms with van der Waals surface area (Å²) in [6, 6.07) is 4.95. The predicted molar refractivity (Wildman–Crippen MR) is 70.3 cm³/mol. The van der Waals surface area contributed by atoms with Gasteiger partial charge < -0.3 is 10.5 Å². The number of halogens is 1. The topological polar surface area (TPSA) is 69.4 Å². The second-order valence-electron chi connectivity index (χ2n) is 3.63. The molecule has 0 bridgehead atoms. The molecule has 0 aromatic heterocycles. The van der Waals surface area contributed by atoms with E-state index >= 15 is 0 Å². The molecule has 1 aromatic rings. The second-order valence-corrected chi connectivity index (χ2v) is 6.51. The van der Waals surface area contributed by atoms with Crippen LogP contribution in [0.4, 0.5) is 5.69 Å². The third kappa shape index (κ3) is 4.83. The largest absolute Gasteiger partial charge is 0.492 e. The van der Waals surface area contributed by atoms with Crippen LogP contribution in [0.5, 0.6) is 5.75 Å². The fraction of sp³-hybridized carbons (Fsp3) is 0.455. The molecule has 0 saturated heterocycles. The van der Waals surface area contributed by atoms with E-state index in [4.69, 9.17) is 22.1 Å². The summed E-state index contributed by atoms with van der Waals surface area (Å²) in [4.78, 5) is 0. The number of nitrogen functional groups attached to an aromatic ring is 1. The van der Waals surface area contributed by atoms with Crippen LogP contribution in [0.15, 0.2) is 18.2 Å². The SMILES string of the molecule is CCS(=O)(=O)CCCOc1cc(N)ccc1Cl. The van der Waals surface area contributed by atoms with Crippen molar-refractivity contribution in [3.05, 3.63) is 23.2 Å². The normalized spacial score (nSPS) is 11.4. The summed E-state index contributed by atoms with van der Waals surface area (Å²) in [5.41, 5.74) is 6.15. The maximum absolute atomic E-state index is 11.2. The van der Waals surface area contributed by atoms with Gasteiger partial charge in [0.15, 0.2) is 0 Å². The molecule has 17 heavy (non-hydrogen) atoms. The number of anilines is 1. The van der Waals surface area contributed by atoms with Gasteiger partial charge in [-0.15, -0.1) is 0 Å². The van der Waals surface area contributed by atoms with Gasteiger partial charge in [0, 0.05) is 17.5 Å². The summed E-state index contributed by atoms with van der Waals surface area (Å²) in [7, 11) is -2.93. The number of ether oxygens (including phenoxy) is 1. The van der Waals surface area contributed by atoms with Crippen LogP contribution in [0.3, 0.4) is 0 Å². The third-order valence-corrected chi connectivity index (χ3v) is 4.35. The lowest BCUT2D eigenvalue weighted by Gasteiger charge is -2.08. The molecule has 1 aromatic carbocycles. The molecule has 2 N–H and O–H groups in total. The molecule has 6 heteroatoms. The fourth-order valence-electron chi connectivity index (χ4n) is 1.24. The Morgan fingerprint density at radius 2 is 2.12 bits per heavy atom. The summed E-state index contributed by atoms with van der Waals surface area (Å²) in [5.74, 6) is 0.774. The minimum absolute atomic E-state index is 0.128. The van der Waals surface area contributed by atoms with E-state index in [-0.39, 0.29) is 11.5 Å². The summed E-state index contributed by atoms with van der Waals surface area (Å²) in [6.45, 7) is 1.94. The Labute approximate surface area is 107 Å². The first-order valence-electron chi connectivity index (χ1n) is 5.33. The summed E-state index contributed by atoms with van der Waals surface area (Å²) in [6.07, 6.45) is 0.446. The minimum atomic E-state index is -2.93. The minimum Gasteiger partial charge on any atom is -0.492 e. The molecule has 0 fully saturated rings. The Morgan fingerprint density at radius 3 is 2.76 bits per heavy atom. The Kier molecular flexibility index (Phi) is 5.08. The second kappa shape index (κ2) is 6.12. The average Bonchev–Trinajstić information content (AvgIpc) is 2.29. The molecule has 0 unspecified atom stereocenters. The smallest absolute Gasteiger partial charge is 0.150 e. The van der Waals surface area contributed by atoms with Crippen molar-refractivity contribution in [3.8, 4) is 5.75 Å². The number of hydrogen-bond acceptors (Lipinski definition) is 4. The molecule has 0 saturated carbocycles. The van der Waals surface area contributed by atoms with Gasteiger partial charge in [-0.05, 0) is 18.6 Å². The number of sulfone groups is 1. The molecule has 0 aliphatic rings. The molecular weight excluding hydrogens is 262 g/mol. The number of nitrogens with two attached hydrogens (primary N) is 1. The van der Waals surface area contributed by atoms with Crippen molar-refractivity contribution in [3.63, 3.8) is 0 Å². The summed E-state index contributed by atoms with van der Waals surface area (Å²) < 4.78 is 27.8. The van der Waals surface area contributed by atoms with E-state index in [9.17, 15) is 8.42 Å². The Morgan fingerprint density at radius 1 is 1.41 bits per heavy atom. The fourth-order valence-corrected chi connectivity index (χ4v) is 2.25. The maximum Gasteiger partial charge on any atom is 0.150 e. The van der Waals surface area contributed by atoms with E-state index in [2.05, 4.69) is 0 Å². The van der Waals surface area contributed by atoms with E-state index < -0.39 is 9.84 Å². The Balaban J connectivity index is 2.44. The van der Waals surface area contributed by atoms with Crippen molar-refractivity contribution in [1.29, 1.82) is 0 Å². The highest BCUT2D eigenvalue weighted by Crippen LogP contribution is 2.26. The van der Waals surface area contributed by atoms with Gasteiger partial charge in [0.25, 0.3) is 0 Å². The number of benzene rings is 1. The predicted octanol–water partition coefficient (Wildman–Crippen LogP) is 2.13. The highest BCUT2D eigenvalue weighted by atomic mass is 35.5. The zero-order chi connectivity index (χ0) is 12.9. The first-order valence-corrected chi connectivity index (χ1v) is 7.53. The van der Waals surface area contributed by atoms with Crippen molar-refractivity contribution < 1.29 is 13.2 Å². The summed E-state index contributed by atoms with van der Waals surface area (Å²) in [5, 5.41) is 0.470. The van der Waals surface area contributed by atoms with Gasteiger partial charge in [0.2, 0.25) is 0 Å². The molecule has 96 valence electrons. The van der Waals surface area contributed by atoms with Crippen LogP contribution in [-0.2, 0) is 9.84 Å². The van der Waals surface area contributed by atoms with Crippen LogP contribution in [0.2, 0.25) is 5.02 Å². The number of hydrogen-bond donors (Lipinski definition) is 1. The van der Waals surface area contributed by atoms with E-state index in [0.29, 0.717) is 29.5 Å². The van der Waals surface area contributed by atoms with Crippen molar-refractivity contribution in [1.82, 2.24) is 0 Å². The maximum atomic E-state index is 11.2. The van der Waals surface area contributed by atoms with Gasteiger partial charge in [0.05, 0.1) is 17.4 Å². The first-order chi connectivity index (χ1) is 7.94. The highest BCUT2D eigenvalue weighted by Gasteiger charge is 2.07. The zero-order valence-corrected chi connectivity index (χ0v) is 11.2. The number of rotatable bonds is 6. The van der Waals surface area contributed by atoms with Gasteiger partial charge in [0.1, 0.15) is 15.6 Å². The van der Waals surface area contributed by atoms with Crippen molar-refractivity contribution in [2.75, 3.05) is 23.8 Å². The van der Waals surface area contributed by atoms with Gasteiger partial charge >= 0.3 is 0 Å². The average molecular weight is 278 g/mol. The van der Waals surface area contributed by atoms with Gasteiger partial charge in [-0.3, -0.25) is 0 Å².